The molecule has 32 heavy (non-hydrogen) atoms. The van der Waals surface area contributed by atoms with E-state index >= 15 is 0 Å². The van der Waals surface area contributed by atoms with Crippen LogP contribution in [0, 0.1) is 0 Å². The third kappa shape index (κ3) is 4.08. The lowest BCUT2D eigenvalue weighted by molar-refractivity contribution is -0.164. The van der Waals surface area contributed by atoms with E-state index in [1.165, 1.54) is 0 Å². The number of fused-ring (bicyclic) bond motifs is 2. The second-order valence-corrected chi connectivity index (χ2v) is 8.27. The molecule has 3 aromatic rings. The molecule has 166 valence electrons. The summed E-state index contributed by atoms with van der Waals surface area (Å²) in [7, 11) is 0. The molecular formula is C26H26O6. The zero-order chi connectivity index (χ0) is 21.9. The Balaban J connectivity index is 1.51. The van der Waals surface area contributed by atoms with E-state index in [9.17, 15) is 9.59 Å². The van der Waals surface area contributed by atoms with E-state index in [1.54, 1.807) is 0 Å². The van der Waals surface area contributed by atoms with Crippen LogP contribution in [0.25, 0.3) is 21.5 Å². The first-order chi connectivity index (χ1) is 15.7. The van der Waals surface area contributed by atoms with Crippen LogP contribution in [-0.2, 0) is 41.8 Å². The first kappa shape index (κ1) is 20.9. The lowest BCUT2D eigenvalue weighted by atomic mass is 9.92. The molecule has 5 rings (SSSR count). The fraction of sp³-hybridized carbons (Fsp3) is 0.385. The highest BCUT2D eigenvalue weighted by Crippen LogP contribution is 2.35. The summed E-state index contributed by atoms with van der Waals surface area (Å²) in [4.78, 5) is 24.1. The van der Waals surface area contributed by atoms with Crippen molar-refractivity contribution in [1.82, 2.24) is 0 Å². The van der Waals surface area contributed by atoms with Crippen LogP contribution in [-0.4, -0.2) is 37.4 Å². The van der Waals surface area contributed by atoms with Crippen molar-refractivity contribution >= 4 is 33.5 Å². The molecule has 0 aromatic heterocycles. The van der Waals surface area contributed by atoms with Gasteiger partial charge in [-0.15, -0.1) is 0 Å². The molecule has 2 unspecified atom stereocenters. The van der Waals surface area contributed by atoms with Crippen LogP contribution >= 0.6 is 0 Å². The SMILES string of the molecule is O=C1OCCCC1OCc1c2ccccc2c(COC2CCCOC2=O)c2ccccc12. The molecule has 2 heterocycles. The lowest BCUT2D eigenvalue weighted by Crippen LogP contribution is -2.31. The van der Waals surface area contributed by atoms with Crippen LogP contribution in [0.4, 0.5) is 0 Å². The fourth-order valence-electron chi connectivity index (χ4n) is 4.60. The zero-order valence-corrected chi connectivity index (χ0v) is 17.9. The van der Waals surface area contributed by atoms with Crippen LogP contribution in [0.3, 0.4) is 0 Å². The minimum Gasteiger partial charge on any atom is -0.464 e. The van der Waals surface area contributed by atoms with Crippen LogP contribution in [0.15, 0.2) is 48.5 Å². The number of hydrogen-bond donors (Lipinski definition) is 0. The van der Waals surface area contributed by atoms with E-state index in [0.29, 0.717) is 39.3 Å². The Morgan fingerprint density at radius 3 is 1.38 bits per heavy atom. The molecule has 2 fully saturated rings. The quantitative estimate of drug-likeness (QED) is 0.422. The summed E-state index contributed by atoms with van der Waals surface area (Å²) in [5.41, 5.74) is 2.07. The van der Waals surface area contributed by atoms with Crippen LogP contribution in [0.1, 0.15) is 36.8 Å². The van der Waals surface area contributed by atoms with Crippen molar-refractivity contribution in [2.75, 3.05) is 13.2 Å². The van der Waals surface area contributed by atoms with Crippen molar-refractivity contribution in [3.63, 3.8) is 0 Å². The molecule has 0 N–H and O–H groups in total. The highest BCUT2D eigenvalue weighted by Gasteiger charge is 2.27. The second-order valence-electron chi connectivity index (χ2n) is 8.27. The predicted molar refractivity (Wildman–Crippen MR) is 119 cm³/mol. The fourth-order valence-corrected chi connectivity index (χ4v) is 4.60. The molecule has 2 aliphatic heterocycles. The molecule has 2 saturated heterocycles. The number of carbonyl (C=O) groups is 2. The Morgan fingerprint density at radius 2 is 1.03 bits per heavy atom. The average molecular weight is 434 g/mol. The van der Waals surface area contributed by atoms with Crippen molar-refractivity contribution in [3.05, 3.63) is 59.7 Å². The summed E-state index contributed by atoms with van der Waals surface area (Å²) in [6, 6.07) is 16.3. The zero-order valence-electron chi connectivity index (χ0n) is 17.9. The van der Waals surface area contributed by atoms with Crippen molar-refractivity contribution in [2.24, 2.45) is 0 Å². The molecule has 0 radical (unpaired) electrons. The van der Waals surface area contributed by atoms with Gasteiger partial charge in [0.15, 0.2) is 12.2 Å². The van der Waals surface area contributed by atoms with Gasteiger partial charge in [0.25, 0.3) is 0 Å². The Kier molecular flexibility index (Phi) is 6.06. The van der Waals surface area contributed by atoms with Gasteiger partial charge in [0.2, 0.25) is 0 Å². The molecule has 6 nitrogen and oxygen atoms in total. The molecule has 0 amide bonds. The standard InChI is InChI=1S/C26H26O6/c27-25-23(11-5-13-29-25)31-15-21-17-7-1-2-8-18(17)22(20-10-4-3-9-19(20)21)16-32-24-12-6-14-30-26(24)28/h1-4,7-10,23-24H,5-6,11-16H2. The third-order valence-electron chi connectivity index (χ3n) is 6.25. The Morgan fingerprint density at radius 1 is 0.656 bits per heavy atom. The largest absolute Gasteiger partial charge is 0.464 e. The summed E-state index contributed by atoms with van der Waals surface area (Å²) in [5, 5.41) is 4.22. The number of hydrogen-bond acceptors (Lipinski definition) is 6. The molecule has 2 aliphatic rings. The van der Waals surface area contributed by atoms with Gasteiger partial charge in [-0.2, -0.15) is 0 Å². The third-order valence-corrected chi connectivity index (χ3v) is 6.25. The van der Waals surface area contributed by atoms with Crippen molar-refractivity contribution < 1.29 is 28.5 Å². The van der Waals surface area contributed by atoms with Crippen molar-refractivity contribution in [3.8, 4) is 0 Å². The number of esters is 2. The van der Waals surface area contributed by atoms with E-state index in [0.717, 1.165) is 45.5 Å². The van der Waals surface area contributed by atoms with E-state index in [-0.39, 0.29) is 11.9 Å². The Bertz CT molecular complexity index is 1010. The molecule has 0 spiro atoms. The number of cyclic esters (lactones) is 2. The molecule has 0 aliphatic carbocycles. The molecule has 0 bridgehead atoms. The normalized spacial score (nSPS) is 21.5. The van der Waals surface area contributed by atoms with Gasteiger partial charge in [-0.1, -0.05) is 48.5 Å². The Labute approximate surface area is 186 Å². The van der Waals surface area contributed by atoms with E-state index < -0.39 is 12.2 Å². The van der Waals surface area contributed by atoms with Gasteiger partial charge in [0, 0.05) is 0 Å². The van der Waals surface area contributed by atoms with E-state index in [4.69, 9.17) is 18.9 Å². The number of ether oxygens (including phenoxy) is 4. The van der Waals surface area contributed by atoms with Gasteiger partial charge in [-0.3, -0.25) is 0 Å². The van der Waals surface area contributed by atoms with Crippen LogP contribution in [0.5, 0.6) is 0 Å². The average Bonchev–Trinajstić information content (AvgIpc) is 2.83. The van der Waals surface area contributed by atoms with E-state index in [1.807, 2.05) is 24.3 Å². The minimum absolute atomic E-state index is 0.283. The maximum atomic E-state index is 12.1. The first-order valence-electron chi connectivity index (χ1n) is 11.2. The number of rotatable bonds is 6. The van der Waals surface area contributed by atoms with Crippen LogP contribution < -0.4 is 0 Å². The summed E-state index contributed by atoms with van der Waals surface area (Å²) >= 11 is 0. The van der Waals surface area contributed by atoms with E-state index in [2.05, 4.69) is 24.3 Å². The van der Waals surface area contributed by atoms with Gasteiger partial charge in [-0.25, -0.2) is 9.59 Å². The van der Waals surface area contributed by atoms with Crippen molar-refractivity contribution in [2.45, 2.75) is 51.1 Å². The monoisotopic (exact) mass is 434 g/mol. The summed E-state index contributed by atoms with van der Waals surface area (Å²) in [6.45, 7) is 1.56. The van der Waals surface area contributed by atoms with Crippen LogP contribution in [0.2, 0.25) is 0 Å². The smallest absolute Gasteiger partial charge is 0.335 e. The maximum Gasteiger partial charge on any atom is 0.335 e. The van der Waals surface area contributed by atoms with Gasteiger partial charge >= 0.3 is 11.9 Å². The summed E-state index contributed by atoms with van der Waals surface area (Å²) in [6.07, 6.45) is 1.94. The predicted octanol–water partition coefficient (Wildman–Crippen LogP) is 4.44. The molecule has 0 saturated carbocycles. The molecule has 6 heteroatoms. The van der Waals surface area contributed by atoms with Crippen molar-refractivity contribution in [1.29, 1.82) is 0 Å². The second kappa shape index (κ2) is 9.27. The van der Waals surface area contributed by atoms with Gasteiger partial charge < -0.3 is 18.9 Å². The van der Waals surface area contributed by atoms with Gasteiger partial charge in [0.05, 0.1) is 26.4 Å². The lowest BCUT2D eigenvalue weighted by Gasteiger charge is -2.24. The minimum atomic E-state index is -0.526. The summed E-state index contributed by atoms with van der Waals surface area (Å²) < 4.78 is 22.4. The number of carbonyl (C=O) groups excluding carboxylic acids is 2. The summed E-state index contributed by atoms with van der Waals surface area (Å²) in [5.74, 6) is -0.566. The topological polar surface area (TPSA) is 71.1 Å². The highest BCUT2D eigenvalue weighted by atomic mass is 16.6. The molecule has 3 aromatic carbocycles. The van der Waals surface area contributed by atoms with Gasteiger partial charge in [0.1, 0.15) is 0 Å². The molecular weight excluding hydrogens is 408 g/mol. The molecule has 2 atom stereocenters. The number of benzene rings is 3. The Hall–Kier alpha value is -2.96. The maximum absolute atomic E-state index is 12.1. The highest BCUT2D eigenvalue weighted by molar-refractivity contribution is 6.05. The van der Waals surface area contributed by atoms with Gasteiger partial charge in [-0.05, 0) is 58.4 Å². The first-order valence-corrected chi connectivity index (χ1v) is 11.2.